The van der Waals surface area contributed by atoms with Gasteiger partial charge in [-0.3, -0.25) is 0 Å². The molecule has 2 heterocycles. The molecule has 0 radical (unpaired) electrons. The van der Waals surface area contributed by atoms with Gasteiger partial charge in [-0.2, -0.15) is 0 Å². The fraction of sp³-hybridized carbons (Fsp3) is 0.111. The topological polar surface area (TPSA) is 19.0 Å². The Hall–Kier alpha value is -2.48. The maximum absolute atomic E-state index is 3.37. The first-order chi connectivity index (χ1) is 9.84. The Bertz CT molecular complexity index is 798. The summed E-state index contributed by atoms with van der Waals surface area (Å²) in [7, 11) is 2.16. The van der Waals surface area contributed by atoms with Crippen LogP contribution in [-0.2, 0) is 0 Å². The standard InChI is InChI=1S/C18H16N2/c1-20-17-9-5-2-6-13(17)10-11-18(20)15-12-19-16-8-4-3-7-14(15)16/h2-12,18-19H,1H3. The van der Waals surface area contributed by atoms with Crippen LogP contribution in [0, 0.1) is 0 Å². The Morgan fingerprint density at radius 2 is 1.80 bits per heavy atom. The molecule has 2 nitrogen and oxygen atoms in total. The van der Waals surface area contributed by atoms with Gasteiger partial charge in [-0.05, 0) is 17.7 Å². The van der Waals surface area contributed by atoms with Crippen molar-refractivity contribution in [1.29, 1.82) is 0 Å². The average Bonchev–Trinajstić information content (AvgIpc) is 2.92. The van der Waals surface area contributed by atoms with Gasteiger partial charge in [0.15, 0.2) is 0 Å². The Morgan fingerprint density at radius 3 is 2.75 bits per heavy atom. The van der Waals surface area contributed by atoms with Crippen LogP contribution in [0.15, 0.2) is 60.8 Å². The second-order valence-corrected chi connectivity index (χ2v) is 5.26. The van der Waals surface area contributed by atoms with Crippen molar-refractivity contribution in [3.05, 3.63) is 71.9 Å². The Labute approximate surface area is 118 Å². The minimum Gasteiger partial charge on any atom is -0.363 e. The number of aromatic amines is 1. The first-order valence-corrected chi connectivity index (χ1v) is 6.91. The van der Waals surface area contributed by atoms with Crippen molar-refractivity contribution in [2.75, 3.05) is 11.9 Å². The van der Waals surface area contributed by atoms with Gasteiger partial charge in [0.2, 0.25) is 0 Å². The number of benzene rings is 2. The summed E-state index contributed by atoms with van der Waals surface area (Å²) >= 11 is 0. The third-order valence-corrected chi connectivity index (χ3v) is 4.13. The molecule has 0 spiro atoms. The number of para-hydroxylation sites is 2. The SMILES string of the molecule is CN1c2ccccc2C=CC1c1c[nH]c2ccccc12. The summed E-state index contributed by atoms with van der Waals surface area (Å²) in [6.45, 7) is 0. The van der Waals surface area contributed by atoms with Crippen LogP contribution in [-0.4, -0.2) is 12.0 Å². The Morgan fingerprint density at radius 1 is 1.00 bits per heavy atom. The first-order valence-electron chi connectivity index (χ1n) is 6.91. The van der Waals surface area contributed by atoms with Gasteiger partial charge in [-0.15, -0.1) is 0 Å². The second-order valence-electron chi connectivity index (χ2n) is 5.26. The van der Waals surface area contributed by atoms with Crippen molar-refractivity contribution in [2.45, 2.75) is 6.04 Å². The lowest BCUT2D eigenvalue weighted by atomic mass is 9.98. The minimum atomic E-state index is 0.279. The molecule has 1 unspecified atom stereocenters. The first kappa shape index (κ1) is 11.4. The zero-order chi connectivity index (χ0) is 13.5. The zero-order valence-electron chi connectivity index (χ0n) is 11.4. The van der Waals surface area contributed by atoms with E-state index in [9.17, 15) is 0 Å². The van der Waals surface area contributed by atoms with Crippen molar-refractivity contribution >= 4 is 22.7 Å². The van der Waals surface area contributed by atoms with Crippen molar-refractivity contribution < 1.29 is 0 Å². The number of H-pyrrole nitrogens is 1. The van der Waals surface area contributed by atoms with Crippen LogP contribution in [0.4, 0.5) is 5.69 Å². The third-order valence-electron chi connectivity index (χ3n) is 4.13. The summed E-state index contributed by atoms with van der Waals surface area (Å²) in [4.78, 5) is 5.71. The molecule has 98 valence electrons. The van der Waals surface area contributed by atoms with E-state index in [-0.39, 0.29) is 6.04 Å². The molecule has 1 N–H and O–H groups in total. The van der Waals surface area contributed by atoms with Gasteiger partial charge >= 0.3 is 0 Å². The lowest BCUT2D eigenvalue weighted by Crippen LogP contribution is -2.25. The molecular formula is C18H16N2. The predicted octanol–water partition coefficient (Wildman–Crippen LogP) is 4.37. The second kappa shape index (κ2) is 4.27. The van der Waals surface area contributed by atoms with Gasteiger partial charge in [-0.25, -0.2) is 0 Å². The molecule has 0 aliphatic carbocycles. The molecule has 1 aliphatic heterocycles. The fourth-order valence-corrected chi connectivity index (χ4v) is 3.07. The summed E-state index contributed by atoms with van der Waals surface area (Å²) in [5.41, 5.74) is 5.09. The largest absolute Gasteiger partial charge is 0.363 e. The van der Waals surface area contributed by atoms with E-state index in [1.54, 1.807) is 0 Å². The third kappa shape index (κ3) is 1.58. The van der Waals surface area contributed by atoms with Gasteiger partial charge in [0, 0.05) is 35.4 Å². The van der Waals surface area contributed by atoms with Crippen molar-refractivity contribution in [3.8, 4) is 0 Å². The monoisotopic (exact) mass is 260 g/mol. The number of rotatable bonds is 1. The Balaban J connectivity index is 1.85. The number of nitrogens with one attached hydrogen (secondary N) is 1. The van der Waals surface area contributed by atoms with Crippen LogP contribution in [0.5, 0.6) is 0 Å². The van der Waals surface area contributed by atoms with Crippen LogP contribution in [0.1, 0.15) is 17.2 Å². The normalized spacial score (nSPS) is 17.4. The molecular weight excluding hydrogens is 244 g/mol. The molecule has 0 bridgehead atoms. The van der Waals surface area contributed by atoms with Gasteiger partial charge in [0.1, 0.15) is 0 Å². The van der Waals surface area contributed by atoms with Crippen LogP contribution in [0.3, 0.4) is 0 Å². The molecule has 20 heavy (non-hydrogen) atoms. The van der Waals surface area contributed by atoms with Crippen molar-refractivity contribution in [1.82, 2.24) is 4.98 Å². The van der Waals surface area contributed by atoms with E-state index in [0.717, 1.165) is 0 Å². The van der Waals surface area contributed by atoms with Gasteiger partial charge in [-0.1, -0.05) is 48.6 Å². The highest BCUT2D eigenvalue weighted by Gasteiger charge is 2.22. The van der Waals surface area contributed by atoms with Crippen LogP contribution in [0.25, 0.3) is 17.0 Å². The lowest BCUT2D eigenvalue weighted by molar-refractivity contribution is 0.811. The summed E-state index contributed by atoms with van der Waals surface area (Å²) in [6, 6.07) is 17.3. The smallest absolute Gasteiger partial charge is 0.0747 e. The Kier molecular flexibility index (Phi) is 2.43. The molecule has 1 aromatic heterocycles. The van der Waals surface area contributed by atoms with Crippen molar-refractivity contribution in [2.24, 2.45) is 0 Å². The fourth-order valence-electron chi connectivity index (χ4n) is 3.07. The van der Waals surface area contributed by atoms with Gasteiger partial charge < -0.3 is 9.88 Å². The minimum absolute atomic E-state index is 0.279. The average molecular weight is 260 g/mol. The number of aromatic nitrogens is 1. The lowest BCUT2D eigenvalue weighted by Gasteiger charge is -2.32. The van der Waals surface area contributed by atoms with E-state index in [0.29, 0.717) is 0 Å². The molecule has 4 rings (SSSR count). The zero-order valence-corrected chi connectivity index (χ0v) is 11.4. The van der Waals surface area contributed by atoms with E-state index in [2.05, 4.69) is 83.8 Å². The van der Waals surface area contributed by atoms with E-state index in [4.69, 9.17) is 0 Å². The molecule has 0 saturated carbocycles. The van der Waals surface area contributed by atoms with Crippen molar-refractivity contribution in [3.63, 3.8) is 0 Å². The maximum atomic E-state index is 3.37. The van der Waals surface area contributed by atoms with Crippen LogP contribution in [0.2, 0.25) is 0 Å². The summed E-state index contributed by atoms with van der Waals surface area (Å²) in [6.07, 6.45) is 6.63. The van der Waals surface area contributed by atoms with Crippen LogP contribution >= 0.6 is 0 Å². The number of nitrogens with zero attached hydrogens (tertiary/aromatic N) is 1. The van der Waals surface area contributed by atoms with Gasteiger partial charge in [0.05, 0.1) is 6.04 Å². The molecule has 3 aromatic rings. The maximum Gasteiger partial charge on any atom is 0.0747 e. The number of anilines is 1. The number of likely N-dealkylation sites (N-methyl/N-ethyl adjacent to an activating group) is 1. The molecule has 2 heteroatoms. The van der Waals surface area contributed by atoms with Gasteiger partial charge in [0.25, 0.3) is 0 Å². The number of hydrogen-bond acceptors (Lipinski definition) is 1. The van der Waals surface area contributed by atoms with E-state index in [1.165, 1.54) is 27.7 Å². The van der Waals surface area contributed by atoms with E-state index >= 15 is 0 Å². The highest BCUT2D eigenvalue weighted by atomic mass is 15.1. The summed E-state index contributed by atoms with van der Waals surface area (Å²) < 4.78 is 0. The highest BCUT2D eigenvalue weighted by molar-refractivity contribution is 5.85. The van der Waals surface area contributed by atoms with E-state index in [1.807, 2.05) is 0 Å². The van der Waals surface area contributed by atoms with E-state index < -0.39 is 0 Å². The number of fused-ring (bicyclic) bond motifs is 2. The molecule has 1 aliphatic rings. The molecule has 2 aromatic carbocycles. The number of hydrogen-bond donors (Lipinski definition) is 1. The summed E-state index contributed by atoms with van der Waals surface area (Å²) in [5.74, 6) is 0. The molecule has 0 saturated heterocycles. The van der Waals surface area contributed by atoms with Crippen LogP contribution < -0.4 is 4.90 Å². The highest BCUT2D eigenvalue weighted by Crippen LogP contribution is 2.37. The molecule has 0 fully saturated rings. The molecule has 0 amide bonds. The summed E-state index contributed by atoms with van der Waals surface area (Å²) in [5, 5.41) is 1.30. The quantitative estimate of drug-likeness (QED) is 0.688. The predicted molar refractivity (Wildman–Crippen MR) is 84.9 cm³/mol. The molecule has 1 atom stereocenters.